The van der Waals surface area contributed by atoms with Crippen molar-refractivity contribution in [3.8, 4) is 5.75 Å². The van der Waals surface area contributed by atoms with E-state index in [-0.39, 0.29) is 24.0 Å². The van der Waals surface area contributed by atoms with E-state index in [0.29, 0.717) is 0 Å². The molecule has 0 saturated carbocycles. The number of rotatable bonds is 10. The molecule has 0 aliphatic heterocycles. The molecule has 0 saturated heterocycles. The molecule has 1 aromatic heterocycles. The lowest BCUT2D eigenvalue weighted by atomic mass is 10.1. The van der Waals surface area contributed by atoms with Gasteiger partial charge in [-0.15, -0.1) is 34.2 Å². The number of benzene rings is 1. The Morgan fingerprint density at radius 1 is 1.19 bits per heavy atom. The Morgan fingerprint density at radius 3 is 2.70 bits per heavy atom. The molecule has 2 aromatic rings. The van der Waals surface area contributed by atoms with Crippen molar-refractivity contribution in [1.82, 2.24) is 25.4 Å². The fraction of sp³-hybridized carbons (Fsp3) is 0.526. The molecule has 0 aliphatic carbocycles. The van der Waals surface area contributed by atoms with Crippen molar-refractivity contribution in [3.63, 3.8) is 0 Å². The summed E-state index contributed by atoms with van der Waals surface area (Å²) in [7, 11) is 1.71. The van der Waals surface area contributed by atoms with Crippen molar-refractivity contribution in [2.45, 2.75) is 39.7 Å². The smallest absolute Gasteiger partial charge is 0.191 e. The summed E-state index contributed by atoms with van der Waals surface area (Å²) >= 11 is 0. The molecule has 8 heteroatoms. The van der Waals surface area contributed by atoms with Crippen molar-refractivity contribution in [1.29, 1.82) is 0 Å². The summed E-state index contributed by atoms with van der Waals surface area (Å²) in [5.74, 6) is 2.77. The molecule has 0 aliphatic rings. The van der Waals surface area contributed by atoms with E-state index in [1.807, 2.05) is 18.2 Å². The van der Waals surface area contributed by atoms with Gasteiger partial charge in [-0.25, -0.2) is 0 Å². The second-order valence-electron chi connectivity index (χ2n) is 5.94. The number of hydrogen-bond donors (Lipinski definition) is 2. The number of aryl methyl sites for hydroxylation is 1. The number of guanidine groups is 1. The van der Waals surface area contributed by atoms with Crippen LogP contribution in [0.25, 0.3) is 0 Å². The minimum Gasteiger partial charge on any atom is -0.496 e. The van der Waals surface area contributed by atoms with E-state index >= 15 is 0 Å². The maximum absolute atomic E-state index is 5.41. The fourth-order valence-electron chi connectivity index (χ4n) is 2.66. The van der Waals surface area contributed by atoms with E-state index < -0.39 is 0 Å². The number of methoxy groups -OCH3 is 1. The third kappa shape index (κ3) is 7.74. The van der Waals surface area contributed by atoms with Crippen LogP contribution < -0.4 is 15.4 Å². The van der Waals surface area contributed by atoms with Gasteiger partial charge in [0.2, 0.25) is 0 Å². The highest BCUT2D eigenvalue weighted by Gasteiger charge is 2.04. The molecule has 0 amide bonds. The zero-order chi connectivity index (χ0) is 18.6. The van der Waals surface area contributed by atoms with Crippen molar-refractivity contribution in [3.05, 3.63) is 42.0 Å². The maximum atomic E-state index is 5.41. The molecular formula is C19H31IN6O. The molecule has 1 heterocycles. The van der Waals surface area contributed by atoms with E-state index in [9.17, 15) is 0 Å². The van der Waals surface area contributed by atoms with Gasteiger partial charge in [-0.05, 0) is 24.5 Å². The molecule has 7 nitrogen and oxygen atoms in total. The third-order valence-electron chi connectivity index (χ3n) is 4.03. The predicted molar refractivity (Wildman–Crippen MR) is 120 cm³/mol. The van der Waals surface area contributed by atoms with E-state index in [1.165, 1.54) is 5.56 Å². The molecule has 2 N–H and O–H groups in total. The van der Waals surface area contributed by atoms with Crippen LogP contribution in [0.1, 0.15) is 31.7 Å². The standard InChI is InChI=1S/C19H30N6O.HI/c1-4-11-20-19(22-13-14-25-15-23-24-18(25)5-2)21-12-10-16-8-6-7-9-17(16)26-3;/h6-9,15H,4-5,10-14H2,1-3H3,(H2,20,21,22);1H. The van der Waals surface area contributed by atoms with Crippen LogP contribution in [0.2, 0.25) is 0 Å². The zero-order valence-electron chi connectivity index (χ0n) is 16.4. The van der Waals surface area contributed by atoms with Gasteiger partial charge in [-0.2, -0.15) is 0 Å². The van der Waals surface area contributed by atoms with Crippen LogP contribution in [0, 0.1) is 0 Å². The van der Waals surface area contributed by atoms with Crippen LogP contribution in [0.3, 0.4) is 0 Å². The minimum absolute atomic E-state index is 0. The first kappa shape index (κ1) is 23.2. The number of aromatic nitrogens is 3. The highest BCUT2D eigenvalue weighted by atomic mass is 127. The minimum atomic E-state index is 0. The molecule has 0 unspecified atom stereocenters. The van der Waals surface area contributed by atoms with Gasteiger partial charge in [-0.1, -0.05) is 32.0 Å². The van der Waals surface area contributed by atoms with Crippen LogP contribution >= 0.6 is 24.0 Å². The summed E-state index contributed by atoms with van der Waals surface area (Å²) in [6.07, 6.45) is 4.56. The van der Waals surface area contributed by atoms with Crippen LogP contribution in [0.15, 0.2) is 35.6 Å². The molecular weight excluding hydrogens is 455 g/mol. The van der Waals surface area contributed by atoms with Crippen LogP contribution in [-0.2, 0) is 19.4 Å². The lowest BCUT2D eigenvalue weighted by Crippen LogP contribution is -2.40. The van der Waals surface area contributed by atoms with Gasteiger partial charge in [0.15, 0.2) is 5.96 Å². The number of hydrogen-bond acceptors (Lipinski definition) is 4. The first-order chi connectivity index (χ1) is 12.8. The SMILES string of the molecule is CCCN=C(NCCc1ccccc1OC)NCCn1cnnc1CC.I. The molecule has 2 rings (SSSR count). The second-order valence-corrected chi connectivity index (χ2v) is 5.94. The highest BCUT2D eigenvalue weighted by molar-refractivity contribution is 14.0. The molecule has 0 spiro atoms. The molecule has 0 atom stereocenters. The summed E-state index contributed by atoms with van der Waals surface area (Å²) in [6, 6.07) is 8.10. The van der Waals surface area contributed by atoms with Crippen molar-refractivity contribution >= 4 is 29.9 Å². The van der Waals surface area contributed by atoms with Gasteiger partial charge in [0.25, 0.3) is 0 Å². The van der Waals surface area contributed by atoms with Gasteiger partial charge >= 0.3 is 0 Å². The average Bonchev–Trinajstić information content (AvgIpc) is 3.13. The number of nitrogens with zero attached hydrogens (tertiary/aromatic N) is 4. The van der Waals surface area contributed by atoms with Gasteiger partial charge in [0, 0.05) is 32.6 Å². The highest BCUT2D eigenvalue weighted by Crippen LogP contribution is 2.17. The van der Waals surface area contributed by atoms with Crippen LogP contribution in [0.5, 0.6) is 5.75 Å². The quantitative estimate of drug-likeness (QED) is 0.307. The Bertz CT molecular complexity index is 688. The summed E-state index contributed by atoms with van der Waals surface area (Å²) < 4.78 is 7.48. The Balaban J connectivity index is 0.00000364. The summed E-state index contributed by atoms with van der Waals surface area (Å²) in [6.45, 7) is 7.40. The normalized spacial score (nSPS) is 11.0. The molecule has 150 valence electrons. The second kappa shape index (κ2) is 13.3. The van der Waals surface area contributed by atoms with Crippen molar-refractivity contribution in [2.24, 2.45) is 4.99 Å². The summed E-state index contributed by atoms with van der Waals surface area (Å²) in [5.41, 5.74) is 1.19. The Labute approximate surface area is 179 Å². The lowest BCUT2D eigenvalue weighted by Gasteiger charge is -2.14. The predicted octanol–water partition coefficient (Wildman–Crippen LogP) is 2.66. The van der Waals surface area contributed by atoms with Gasteiger partial charge in [-0.3, -0.25) is 4.99 Å². The molecule has 0 bridgehead atoms. The van der Waals surface area contributed by atoms with Gasteiger partial charge < -0.3 is 19.9 Å². The van der Waals surface area contributed by atoms with Gasteiger partial charge in [0.1, 0.15) is 17.9 Å². The van der Waals surface area contributed by atoms with Gasteiger partial charge in [0.05, 0.1) is 7.11 Å². The molecule has 1 aromatic carbocycles. The Morgan fingerprint density at radius 2 is 1.96 bits per heavy atom. The molecule has 0 fully saturated rings. The number of ether oxygens (including phenoxy) is 1. The monoisotopic (exact) mass is 486 g/mol. The number of nitrogens with one attached hydrogen (secondary N) is 2. The van der Waals surface area contributed by atoms with Crippen LogP contribution in [-0.4, -0.2) is 47.5 Å². The zero-order valence-corrected chi connectivity index (χ0v) is 18.8. The largest absolute Gasteiger partial charge is 0.496 e. The number of halogens is 1. The lowest BCUT2D eigenvalue weighted by molar-refractivity contribution is 0.409. The van der Waals surface area contributed by atoms with E-state index in [4.69, 9.17) is 4.74 Å². The molecule has 0 radical (unpaired) electrons. The van der Waals surface area contributed by atoms with Crippen molar-refractivity contribution in [2.75, 3.05) is 26.7 Å². The molecule has 27 heavy (non-hydrogen) atoms. The number of aliphatic imine (C=N–C) groups is 1. The van der Waals surface area contributed by atoms with Crippen molar-refractivity contribution < 1.29 is 4.74 Å². The topological polar surface area (TPSA) is 76.4 Å². The fourth-order valence-corrected chi connectivity index (χ4v) is 2.66. The van der Waals surface area contributed by atoms with Crippen LogP contribution in [0.4, 0.5) is 0 Å². The summed E-state index contributed by atoms with van der Waals surface area (Å²) in [5, 5.41) is 14.9. The first-order valence-electron chi connectivity index (χ1n) is 9.29. The number of para-hydroxylation sites is 1. The van der Waals surface area contributed by atoms with E-state index in [0.717, 1.165) is 63.0 Å². The van der Waals surface area contributed by atoms with E-state index in [2.05, 4.69) is 50.3 Å². The maximum Gasteiger partial charge on any atom is 0.191 e. The van der Waals surface area contributed by atoms with E-state index in [1.54, 1.807) is 13.4 Å². The summed E-state index contributed by atoms with van der Waals surface area (Å²) in [4.78, 5) is 4.60. The Kier molecular flexibility index (Phi) is 11.5. The third-order valence-corrected chi connectivity index (χ3v) is 4.03. The first-order valence-corrected chi connectivity index (χ1v) is 9.29. The Hall–Kier alpha value is -1.84. The average molecular weight is 486 g/mol.